The number of hydrogen-bond acceptors (Lipinski definition) is 3. The lowest BCUT2D eigenvalue weighted by Gasteiger charge is -2.16. The van der Waals surface area contributed by atoms with Crippen LogP contribution in [0.1, 0.15) is 23.5 Å². The van der Waals surface area contributed by atoms with Crippen molar-refractivity contribution in [1.29, 1.82) is 0 Å². The van der Waals surface area contributed by atoms with E-state index in [-0.39, 0.29) is 24.4 Å². The number of likely N-dealkylation sites (N-methyl/N-ethyl adjacent to an activating group) is 1. The Hall–Kier alpha value is -1.36. The zero-order valence-corrected chi connectivity index (χ0v) is 10.5. The lowest BCUT2D eigenvalue weighted by atomic mass is 10.3. The largest absolute Gasteiger partial charge is 0.352 e. The first-order valence-corrected chi connectivity index (χ1v) is 5.97. The SMILES string of the molecule is CC(C)NC(=O)CN(C)C(=O)c1cccs1. The van der Waals surface area contributed by atoms with Gasteiger partial charge in [-0.25, -0.2) is 0 Å². The second-order valence-corrected chi connectivity index (χ2v) is 4.81. The van der Waals surface area contributed by atoms with E-state index in [1.54, 1.807) is 13.1 Å². The molecule has 0 aliphatic heterocycles. The minimum Gasteiger partial charge on any atom is -0.352 e. The molecule has 0 aliphatic rings. The maximum absolute atomic E-state index is 11.8. The molecule has 0 saturated carbocycles. The molecule has 88 valence electrons. The summed E-state index contributed by atoms with van der Waals surface area (Å²) in [7, 11) is 1.63. The van der Waals surface area contributed by atoms with Gasteiger partial charge >= 0.3 is 0 Å². The number of thiophene rings is 1. The molecule has 0 fully saturated rings. The van der Waals surface area contributed by atoms with Gasteiger partial charge in [0.25, 0.3) is 5.91 Å². The topological polar surface area (TPSA) is 49.4 Å². The van der Waals surface area contributed by atoms with Crippen LogP contribution in [0.25, 0.3) is 0 Å². The normalized spacial score (nSPS) is 10.2. The molecule has 0 radical (unpaired) electrons. The van der Waals surface area contributed by atoms with Crippen molar-refractivity contribution in [3.63, 3.8) is 0 Å². The molecule has 4 nitrogen and oxygen atoms in total. The summed E-state index contributed by atoms with van der Waals surface area (Å²) in [4.78, 5) is 25.3. The molecule has 0 unspecified atom stereocenters. The Balaban J connectivity index is 2.49. The van der Waals surface area contributed by atoms with Crippen LogP contribution in [0.4, 0.5) is 0 Å². The summed E-state index contributed by atoms with van der Waals surface area (Å²) in [5, 5.41) is 4.59. The van der Waals surface area contributed by atoms with Crippen LogP contribution in [-0.2, 0) is 4.79 Å². The molecule has 5 heteroatoms. The molecule has 2 amide bonds. The van der Waals surface area contributed by atoms with Crippen LogP contribution in [0, 0.1) is 0 Å². The van der Waals surface area contributed by atoms with Crippen LogP contribution in [0.5, 0.6) is 0 Å². The Bertz CT molecular complexity index is 360. The number of carbonyl (C=O) groups is 2. The van der Waals surface area contributed by atoms with Gasteiger partial charge in [0, 0.05) is 13.1 Å². The van der Waals surface area contributed by atoms with Crippen molar-refractivity contribution in [1.82, 2.24) is 10.2 Å². The monoisotopic (exact) mass is 240 g/mol. The molecule has 1 aromatic heterocycles. The standard InChI is InChI=1S/C11H16N2O2S/c1-8(2)12-10(14)7-13(3)11(15)9-5-4-6-16-9/h4-6,8H,7H2,1-3H3,(H,12,14). The van der Waals surface area contributed by atoms with Gasteiger partial charge in [-0.3, -0.25) is 9.59 Å². The predicted octanol–water partition coefficient (Wildman–Crippen LogP) is 1.34. The van der Waals surface area contributed by atoms with E-state index in [1.165, 1.54) is 16.2 Å². The second-order valence-electron chi connectivity index (χ2n) is 3.86. The third kappa shape index (κ3) is 3.66. The Morgan fingerprint density at radius 1 is 1.50 bits per heavy atom. The van der Waals surface area contributed by atoms with Crippen molar-refractivity contribution in [2.45, 2.75) is 19.9 Å². The number of rotatable bonds is 4. The van der Waals surface area contributed by atoms with E-state index in [4.69, 9.17) is 0 Å². The summed E-state index contributed by atoms with van der Waals surface area (Å²) in [5.41, 5.74) is 0. The summed E-state index contributed by atoms with van der Waals surface area (Å²) in [6, 6.07) is 3.67. The second kappa shape index (κ2) is 5.65. The maximum Gasteiger partial charge on any atom is 0.264 e. The van der Waals surface area contributed by atoms with Gasteiger partial charge in [0.1, 0.15) is 0 Å². The predicted molar refractivity (Wildman–Crippen MR) is 64.6 cm³/mol. The average Bonchev–Trinajstić information content (AvgIpc) is 2.67. The van der Waals surface area contributed by atoms with Crippen molar-refractivity contribution >= 4 is 23.2 Å². The molecule has 0 aromatic carbocycles. The third-order valence-corrected chi connectivity index (χ3v) is 2.77. The Labute approximate surface area is 99.3 Å². The summed E-state index contributed by atoms with van der Waals surface area (Å²) in [5.74, 6) is -0.253. The summed E-state index contributed by atoms with van der Waals surface area (Å²) >= 11 is 1.38. The molecular formula is C11H16N2O2S. The Morgan fingerprint density at radius 2 is 2.19 bits per heavy atom. The van der Waals surface area contributed by atoms with Crippen LogP contribution in [-0.4, -0.2) is 36.3 Å². The highest BCUT2D eigenvalue weighted by Crippen LogP contribution is 2.10. The van der Waals surface area contributed by atoms with Gasteiger partial charge in [-0.2, -0.15) is 0 Å². The lowest BCUT2D eigenvalue weighted by molar-refractivity contribution is -0.122. The minimum absolute atomic E-state index is 0.0922. The fourth-order valence-corrected chi connectivity index (χ4v) is 1.96. The first kappa shape index (κ1) is 12.7. The number of hydrogen-bond donors (Lipinski definition) is 1. The number of carbonyl (C=O) groups excluding carboxylic acids is 2. The first-order chi connectivity index (χ1) is 7.50. The Kier molecular flexibility index (Phi) is 4.49. The molecule has 0 saturated heterocycles. The average molecular weight is 240 g/mol. The number of nitrogens with zero attached hydrogens (tertiary/aromatic N) is 1. The summed E-state index contributed by atoms with van der Waals surface area (Å²) in [6.45, 7) is 3.87. The van der Waals surface area contributed by atoms with Gasteiger partial charge < -0.3 is 10.2 Å². The van der Waals surface area contributed by atoms with E-state index in [0.717, 1.165) is 0 Å². The highest BCUT2D eigenvalue weighted by molar-refractivity contribution is 7.12. The summed E-state index contributed by atoms with van der Waals surface area (Å²) in [6.07, 6.45) is 0. The Morgan fingerprint density at radius 3 is 2.69 bits per heavy atom. The van der Waals surface area contributed by atoms with E-state index in [9.17, 15) is 9.59 Å². The lowest BCUT2D eigenvalue weighted by Crippen LogP contribution is -2.40. The number of nitrogens with one attached hydrogen (secondary N) is 1. The van der Waals surface area contributed by atoms with Crippen LogP contribution in [0.3, 0.4) is 0 Å². The van der Waals surface area contributed by atoms with E-state index < -0.39 is 0 Å². The molecule has 1 N–H and O–H groups in total. The van der Waals surface area contributed by atoms with Crippen molar-refractivity contribution < 1.29 is 9.59 Å². The van der Waals surface area contributed by atoms with Gasteiger partial charge in [-0.15, -0.1) is 11.3 Å². The van der Waals surface area contributed by atoms with E-state index in [1.807, 2.05) is 25.3 Å². The van der Waals surface area contributed by atoms with Gasteiger partial charge in [-0.1, -0.05) is 6.07 Å². The highest BCUT2D eigenvalue weighted by Gasteiger charge is 2.15. The smallest absolute Gasteiger partial charge is 0.264 e. The molecule has 1 aromatic rings. The number of amides is 2. The molecule has 0 spiro atoms. The molecule has 16 heavy (non-hydrogen) atoms. The third-order valence-electron chi connectivity index (χ3n) is 1.91. The molecule has 1 heterocycles. The zero-order chi connectivity index (χ0) is 12.1. The fraction of sp³-hybridized carbons (Fsp3) is 0.455. The molecular weight excluding hydrogens is 224 g/mol. The van der Waals surface area contributed by atoms with E-state index in [0.29, 0.717) is 4.88 Å². The first-order valence-electron chi connectivity index (χ1n) is 5.09. The summed E-state index contributed by atoms with van der Waals surface area (Å²) < 4.78 is 0. The van der Waals surface area contributed by atoms with Crippen LogP contribution < -0.4 is 5.32 Å². The highest BCUT2D eigenvalue weighted by atomic mass is 32.1. The van der Waals surface area contributed by atoms with Crippen LogP contribution >= 0.6 is 11.3 Å². The molecule has 0 atom stereocenters. The van der Waals surface area contributed by atoms with Gasteiger partial charge in [-0.05, 0) is 25.3 Å². The zero-order valence-electron chi connectivity index (χ0n) is 9.69. The molecule has 0 bridgehead atoms. The van der Waals surface area contributed by atoms with Gasteiger partial charge in [0.15, 0.2) is 0 Å². The minimum atomic E-state index is -0.137. The van der Waals surface area contributed by atoms with Gasteiger partial charge in [0.2, 0.25) is 5.91 Å². The van der Waals surface area contributed by atoms with Crippen molar-refractivity contribution in [3.05, 3.63) is 22.4 Å². The molecule has 0 aliphatic carbocycles. The van der Waals surface area contributed by atoms with Gasteiger partial charge in [0.05, 0.1) is 11.4 Å². The maximum atomic E-state index is 11.8. The quantitative estimate of drug-likeness (QED) is 0.863. The molecule has 1 rings (SSSR count). The van der Waals surface area contributed by atoms with Crippen molar-refractivity contribution in [2.24, 2.45) is 0 Å². The van der Waals surface area contributed by atoms with Crippen LogP contribution in [0.15, 0.2) is 17.5 Å². The van der Waals surface area contributed by atoms with Crippen molar-refractivity contribution in [2.75, 3.05) is 13.6 Å². The van der Waals surface area contributed by atoms with E-state index >= 15 is 0 Å². The van der Waals surface area contributed by atoms with Crippen molar-refractivity contribution in [3.8, 4) is 0 Å². The van der Waals surface area contributed by atoms with Crippen LogP contribution in [0.2, 0.25) is 0 Å². The fourth-order valence-electron chi connectivity index (χ4n) is 1.24. The van der Waals surface area contributed by atoms with E-state index in [2.05, 4.69) is 5.32 Å².